The minimum absolute atomic E-state index is 0.0214. The minimum Gasteiger partial charge on any atom is -0.507 e. The molecule has 0 radical (unpaired) electrons. The fourth-order valence-electron chi connectivity index (χ4n) is 2.86. The van der Waals surface area contributed by atoms with Gasteiger partial charge in [0.2, 0.25) is 0 Å². The molecule has 1 aromatic carbocycles. The van der Waals surface area contributed by atoms with Crippen LogP contribution in [0.15, 0.2) is 39.8 Å². The summed E-state index contributed by atoms with van der Waals surface area (Å²) in [7, 11) is -3.63. The number of sulfone groups is 1. The van der Waals surface area contributed by atoms with E-state index in [0.717, 1.165) is 0 Å². The number of benzene rings is 1. The van der Waals surface area contributed by atoms with E-state index < -0.39 is 21.0 Å². The van der Waals surface area contributed by atoms with Crippen molar-refractivity contribution >= 4 is 31.6 Å². The van der Waals surface area contributed by atoms with Gasteiger partial charge in [0.05, 0.1) is 39.8 Å². The van der Waals surface area contributed by atoms with Gasteiger partial charge in [-0.3, -0.25) is 9.78 Å². The van der Waals surface area contributed by atoms with Crippen LogP contribution in [0.25, 0.3) is 0 Å². The first kappa shape index (κ1) is 19.5. The molecule has 2 aromatic rings. The summed E-state index contributed by atoms with van der Waals surface area (Å²) in [6.45, 7) is 1.52. The normalized spacial score (nSPS) is 15.1. The number of ketones is 1. The van der Waals surface area contributed by atoms with E-state index >= 15 is 0 Å². The molecule has 140 valence electrons. The van der Waals surface area contributed by atoms with Crippen LogP contribution < -0.4 is 0 Å². The lowest BCUT2D eigenvalue weighted by atomic mass is 9.98. The van der Waals surface area contributed by atoms with Crippen LogP contribution in [0.1, 0.15) is 41.4 Å². The first-order valence-electron chi connectivity index (χ1n) is 8.37. The summed E-state index contributed by atoms with van der Waals surface area (Å²) in [6.07, 6.45) is 2.55. The predicted molar refractivity (Wildman–Crippen MR) is 102 cm³/mol. The molecule has 0 saturated heterocycles. The lowest BCUT2D eigenvalue weighted by Crippen LogP contribution is -2.15. The fraction of sp³-hybridized carbons (Fsp3) is 0.316. The Hall–Kier alpha value is -2.24. The summed E-state index contributed by atoms with van der Waals surface area (Å²) >= 11 is 3.25. The van der Waals surface area contributed by atoms with Crippen molar-refractivity contribution < 1.29 is 18.3 Å². The van der Waals surface area contributed by atoms with Gasteiger partial charge in [-0.1, -0.05) is 22.9 Å². The van der Waals surface area contributed by atoms with Crippen molar-refractivity contribution in [1.82, 2.24) is 4.98 Å². The molecule has 0 unspecified atom stereocenters. The van der Waals surface area contributed by atoms with E-state index in [1.807, 2.05) is 0 Å². The highest BCUT2D eigenvalue weighted by molar-refractivity contribution is 9.10. The molecule has 1 heterocycles. The highest BCUT2D eigenvalue weighted by Gasteiger charge is 2.45. The number of nitrogens with zero attached hydrogens (tertiary/aromatic N) is 2. The van der Waals surface area contributed by atoms with E-state index in [9.17, 15) is 23.6 Å². The van der Waals surface area contributed by atoms with Crippen molar-refractivity contribution in [2.75, 3.05) is 5.75 Å². The number of rotatable bonds is 6. The molecule has 0 spiro atoms. The Morgan fingerprint density at radius 1 is 1.37 bits per heavy atom. The number of halogens is 1. The van der Waals surface area contributed by atoms with Crippen LogP contribution in [0.5, 0.6) is 5.75 Å². The molecule has 27 heavy (non-hydrogen) atoms. The maximum Gasteiger partial charge on any atom is 0.179 e. The van der Waals surface area contributed by atoms with Crippen LogP contribution in [-0.2, 0) is 21.7 Å². The topological polar surface area (TPSA) is 108 Å². The Kier molecular flexibility index (Phi) is 5.10. The Bertz CT molecular complexity index is 1070. The van der Waals surface area contributed by atoms with E-state index in [1.54, 1.807) is 6.07 Å². The molecule has 0 aliphatic heterocycles. The largest absolute Gasteiger partial charge is 0.507 e. The molecule has 6 nitrogen and oxygen atoms in total. The van der Waals surface area contributed by atoms with E-state index in [-0.39, 0.29) is 34.1 Å². The van der Waals surface area contributed by atoms with Crippen LogP contribution in [0.3, 0.4) is 0 Å². The summed E-state index contributed by atoms with van der Waals surface area (Å²) in [4.78, 5) is 16.8. The van der Waals surface area contributed by atoms with Gasteiger partial charge in [0.1, 0.15) is 5.75 Å². The highest BCUT2D eigenvalue weighted by Crippen LogP contribution is 2.47. The molecule has 1 aromatic heterocycles. The van der Waals surface area contributed by atoms with Crippen molar-refractivity contribution in [2.24, 2.45) is 0 Å². The Labute approximate surface area is 165 Å². The van der Waals surface area contributed by atoms with Crippen LogP contribution in [0.2, 0.25) is 0 Å². The third-order valence-electron chi connectivity index (χ3n) is 4.75. The average Bonchev–Trinajstić information content (AvgIpc) is 3.45. The van der Waals surface area contributed by atoms with Crippen molar-refractivity contribution in [3.63, 3.8) is 0 Å². The smallest absolute Gasteiger partial charge is 0.179 e. The van der Waals surface area contributed by atoms with Crippen molar-refractivity contribution in [2.45, 2.75) is 36.5 Å². The van der Waals surface area contributed by atoms with E-state index in [0.29, 0.717) is 22.9 Å². The van der Waals surface area contributed by atoms with Crippen LogP contribution in [0.4, 0.5) is 0 Å². The third kappa shape index (κ3) is 3.75. The number of aromatic hydroxyl groups is 1. The molecule has 1 aliphatic carbocycles. The second-order valence-corrected chi connectivity index (χ2v) is 9.69. The van der Waals surface area contributed by atoms with Crippen LogP contribution >= 0.6 is 15.9 Å². The van der Waals surface area contributed by atoms with Crippen molar-refractivity contribution in [3.8, 4) is 11.8 Å². The van der Waals surface area contributed by atoms with Gasteiger partial charge in [0.25, 0.3) is 0 Å². The van der Waals surface area contributed by atoms with E-state index in [1.165, 1.54) is 31.3 Å². The number of pyridine rings is 1. The fourth-order valence-corrected chi connectivity index (χ4v) is 4.32. The first-order chi connectivity index (χ1) is 12.7. The van der Waals surface area contributed by atoms with Gasteiger partial charge in [-0.15, -0.1) is 0 Å². The summed E-state index contributed by atoms with van der Waals surface area (Å²) in [5, 5.41) is 19.3. The molecule has 0 amide bonds. The Morgan fingerprint density at radius 2 is 2.07 bits per heavy atom. The molecular formula is C19H17BrN2O4S. The van der Waals surface area contributed by atoms with Gasteiger partial charge in [0, 0.05) is 10.7 Å². The maximum absolute atomic E-state index is 12.6. The standard InChI is InChI=1S/C19H17BrN2O4S/c1-2-27(25,26)18-7-12(19(11-21)5-6-19)10-22-15(18)9-17(24)14-8-13(20)3-4-16(14)23/h3-4,7-8,10,23H,2,5-6,9H2,1H3. The average molecular weight is 449 g/mol. The molecule has 3 rings (SSSR count). The monoisotopic (exact) mass is 448 g/mol. The zero-order valence-electron chi connectivity index (χ0n) is 14.6. The minimum atomic E-state index is -3.63. The van der Waals surface area contributed by atoms with Crippen LogP contribution in [-0.4, -0.2) is 30.0 Å². The summed E-state index contributed by atoms with van der Waals surface area (Å²) in [5.41, 5.74) is 0.110. The third-order valence-corrected chi connectivity index (χ3v) is 7.03. The lowest BCUT2D eigenvalue weighted by molar-refractivity contribution is 0.0988. The van der Waals surface area contributed by atoms with Gasteiger partial charge < -0.3 is 5.11 Å². The second-order valence-electron chi connectivity index (χ2n) is 6.53. The number of aromatic nitrogens is 1. The number of phenols is 1. The number of carbonyl (C=O) groups excluding carboxylic acids is 1. The molecule has 1 N–H and O–H groups in total. The number of hydrogen-bond acceptors (Lipinski definition) is 6. The molecule has 0 atom stereocenters. The molecule has 0 bridgehead atoms. The summed E-state index contributed by atoms with van der Waals surface area (Å²) in [6, 6.07) is 8.17. The Balaban J connectivity index is 2.03. The van der Waals surface area contributed by atoms with Crippen LogP contribution in [0, 0.1) is 11.3 Å². The number of phenolic OH excluding ortho intramolecular Hbond substituents is 1. The Morgan fingerprint density at radius 3 is 2.67 bits per heavy atom. The zero-order valence-corrected chi connectivity index (χ0v) is 17.0. The number of hydrogen-bond donors (Lipinski definition) is 1. The second kappa shape index (κ2) is 7.06. The number of carbonyl (C=O) groups is 1. The van der Waals surface area contributed by atoms with E-state index in [2.05, 4.69) is 27.0 Å². The molecule has 1 aliphatic rings. The maximum atomic E-state index is 12.6. The number of nitriles is 1. The number of Topliss-reactive ketones (excluding diaryl/α,β-unsaturated/α-hetero) is 1. The zero-order chi connectivity index (χ0) is 19.8. The summed E-state index contributed by atoms with van der Waals surface area (Å²) in [5.74, 6) is -0.759. The quantitative estimate of drug-likeness (QED) is 0.678. The van der Waals surface area contributed by atoms with Crippen molar-refractivity contribution in [1.29, 1.82) is 5.26 Å². The first-order valence-corrected chi connectivity index (χ1v) is 10.8. The van der Waals surface area contributed by atoms with Gasteiger partial charge in [-0.25, -0.2) is 8.42 Å². The molecule has 1 fully saturated rings. The predicted octanol–water partition coefficient (Wildman–Crippen LogP) is 3.32. The SMILES string of the molecule is CCS(=O)(=O)c1cc(C2(C#N)CC2)cnc1CC(=O)c1cc(Br)ccc1O. The lowest BCUT2D eigenvalue weighted by Gasteiger charge is -2.13. The highest BCUT2D eigenvalue weighted by atomic mass is 79.9. The molecule has 8 heteroatoms. The summed E-state index contributed by atoms with van der Waals surface area (Å²) < 4.78 is 25.7. The molecule has 1 saturated carbocycles. The van der Waals surface area contributed by atoms with Gasteiger partial charge in [-0.05, 0) is 42.7 Å². The van der Waals surface area contributed by atoms with Gasteiger partial charge in [-0.2, -0.15) is 5.26 Å². The van der Waals surface area contributed by atoms with E-state index in [4.69, 9.17) is 0 Å². The van der Waals surface area contributed by atoms with Gasteiger partial charge in [0.15, 0.2) is 15.6 Å². The molecular weight excluding hydrogens is 432 g/mol. The van der Waals surface area contributed by atoms with Gasteiger partial charge >= 0.3 is 0 Å². The van der Waals surface area contributed by atoms with Crippen molar-refractivity contribution in [3.05, 3.63) is 51.8 Å².